The Morgan fingerprint density at radius 3 is 2.82 bits per heavy atom. The molecule has 1 saturated heterocycles. The van der Waals surface area contributed by atoms with Crippen molar-refractivity contribution < 1.29 is 18.6 Å². The summed E-state index contributed by atoms with van der Waals surface area (Å²) in [5, 5.41) is 18.4. The summed E-state index contributed by atoms with van der Waals surface area (Å²) in [5.41, 5.74) is -0.487. The molecule has 102 valence electrons. The third-order valence-electron chi connectivity index (χ3n) is 2.51. The van der Waals surface area contributed by atoms with Crippen molar-refractivity contribution in [1.29, 1.82) is 0 Å². The average Bonchev–Trinajstić information content (AvgIpc) is 2.24. The number of rotatable bonds is 3. The van der Waals surface area contributed by atoms with Crippen molar-refractivity contribution in [2.75, 3.05) is 29.6 Å². The quantitative estimate of drug-likeness (QED) is 0.800. The van der Waals surface area contributed by atoms with Crippen molar-refractivity contribution in [3.63, 3.8) is 0 Å². The first-order valence-electron chi connectivity index (χ1n) is 5.76. The largest absolute Gasteiger partial charge is 0.396 e. The third-order valence-corrected chi connectivity index (χ3v) is 6.89. The van der Waals surface area contributed by atoms with E-state index in [0.29, 0.717) is 18.6 Å². The molecule has 0 saturated carbocycles. The van der Waals surface area contributed by atoms with Crippen LogP contribution in [0, 0.1) is 0 Å². The maximum Gasteiger partial charge on any atom is 0.151 e. The molecule has 1 fully saturated rings. The molecule has 1 rings (SSSR count). The van der Waals surface area contributed by atoms with E-state index in [9.17, 15) is 13.5 Å². The predicted octanol–water partition coefficient (Wildman–Crippen LogP) is 0.731. The Balaban J connectivity index is 2.61. The molecule has 1 heterocycles. The van der Waals surface area contributed by atoms with Crippen LogP contribution in [0.1, 0.15) is 19.3 Å². The maximum absolute atomic E-state index is 11.8. The smallest absolute Gasteiger partial charge is 0.151 e. The lowest BCUT2D eigenvalue weighted by molar-refractivity contribution is 0.253. The van der Waals surface area contributed by atoms with Gasteiger partial charge in [0.15, 0.2) is 9.84 Å². The monoisotopic (exact) mass is 300 g/mol. The highest BCUT2D eigenvalue weighted by molar-refractivity contribution is 8.01. The van der Waals surface area contributed by atoms with E-state index in [1.54, 1.807) is 0 Å². The van der Waals surface area contributed by atoms with E-state index < -0.39 is 15.3 Å². The first kappa shape index (κ1) is 15.6. The highest BCUT2D eigenvalue weighted by Crippen LogP contribution is 2.25. The highest BCUT2D eigenvalue weighted by Gasteiger charge is 2.23. The summed E-state index contributed by atoms with van der Waals surface area (Å²) in [6.07, 6.45) is 2.00. The molecular formula is C10H20O4S3. The molecule has 1 aliphatic rings. The van der Waals surface area contributed by atoms with Crippen LogP contribution in [-0.2, 0) is 9.84 Å². The van der Waals surface area contributed by atoms with Gasteiger partial charge in [0.25, 0.3) is 0 Å². The van der Waals surface area contributed by atoms with Gasteiger partial charge in [-0.15, -0.1) is 11.8 Å². The number of aliphatic hydroxyl groups is 2. The fourth-order valence-electron chi connectivity index (χ4n) is 1.71. The molecule has 0 radical (unpaired) electrons. The molecule has 0 spiro atoms. The van der Waals surface area contributed by atoms with Crippen LogP contribution >= 0.6 is 23.5 Å². The minimum atomic E-state index is -3.01. The summed E-state index contributed by atoms with van der Waals surface area (Å²) in [6.45, 7) is 0.0461. The van der Waals surface area contributed by atoms with Crippen molar-refractivity contribution >= 4 is 33.4 Å². The van der Waals surface area contributed by atoms with E-state index in [0.717, 1.165) is 12.2 Å². The Morgan fingerprint density at radius 2 is 2.12 bits per heavy atom. The fourth-order valence-corrected chi connectivity index (χ4v) is 6.12. The molecule has 2 unspecified atom stereocenters. The van der Waals surface area contributed by atoms with E-state index in [4.69, 9.17) is 5.11 Å². The van der Waals surface area contributed by atoms with Crippen LogP contribution in [0.5, 0.6) is 0 Å². The van der Waals surface area contributed by atoms with Gasteiger partial charge in [-0.25, -0.2) is 8.42 Å². The number of hydrogen-bond acceptors (Lipinski definition) is 6. The molecule has 0 aromatic heterocycles. The summed E-state index contributed by atoms with van der Waals surface area (Å²) in [4.78, 5) is 0. The average molecular weight is 300 g/mol. The number of thioether (sulfide) groups is 2. The Kier molecular flexibility index (Phi) is 7.25. The van der Waals surface area contributed by atoms with Gasteiger partial charge in [-0.3, -0.25) is 0 Å². The minimum absolute atomic E-state index is 0.0461. The van der Waals surface area contributed by atoms with Crippen LogP contribution in [0.25, 0.3) is 0 Å². The Bertz CT molecular complexity index is 305. The van der Waals surface area contributed by atoms with Crippen molar-refractivity contribution in [2.45, 2.75) is 29.9 Å². The Morgan fingerprint density at radius 1 is 1.35 bits per heavy atom. The van der Waals surface area contributed by atoms with Gasteiger partial charge < -0.3 is 10.2 Å². The van der Waals surface area contributed by atoms with Gasteiger partial charge in [0, 0.05) is 11.0 Å². The summed E-state index contributed by atoms with van der Waals surface area (Å²) < 4.78 is 23.6. The van der Waals surface area contributed by atoms with Crippen LogP contribution in [0.2, 0.25) is 0 Å². The first-order chi connectivity index (χ1) is 8.03. The molecule has 0 amide bonds. The lowest BCUT2D eigenvalue weighted by Crippen LogP contribution is -2.26. The van der Waals surface area contributed by atoms with Gasteiger partial charge in [0.05, 0.1) is 18.1 Å². The molecule has 0 aliphatic carbocycles. The van der Waals surface area contributed by atoms with Crippen molar-refractivity contribution in [1.82, 2.24) is 0 Å². The molecule has 0 aromatic rings. The normalized spacial score (nSPS) is 30.9. The second-order valence-electron chi connectivity index (χ2n) is 4.10. The SMILES string of the molecule is O=S1(=O)CCCCSC(O)CC(SCCO)C1. The summed E-state index contributed by atoms with van der Waals surface area (Å²) in [7, 11) is -3.01. The zero-order chi connectivity index (χ0) is 12.7. The molecular weight excluding hydrogens is 280 g/mol. The van der Waals surface area contributed by atoms with Crippen LogP contribution in [-0.4, -0.2) is 58.9 Å². The molecule has 0 bridgehead atoms. The summed E-state index contributed by atoms with van der Waals surface area (Å²) in [6, 6.07) is 0. The van der Waals surface area contributed by atoms with Crippen LogP contribution < -0.4 is 0 Å². The van der Waals surface area contributed by atoms with Crippen LogP contribution in [0.15, 0.2) is 0 Å². The zero-order valence-electron chi connectivity index (χ0n) is 9.75. The van der Waals surface area contributed by atoms with E-state index >= 15 is 0 Å². The molecule has 0 aromatic carbocycles. The van der Waals surface area contributed by atoms with Gasteiger partial charge in [-0.2, -0.15) is 11.8 Å². The number of aliphatic hydroxyl groups excluding tert-OH is 2. The molecule has 2 N–H and O–H groups in total. The summed E-state index contributed by atoms with van der Waals surface area (Å²) >= 11 is 2.94. The Hall–Kier alpha value is 0.570. The van der Waals surface area contributed by atoms with Gasteiger partial charge in [0.2, 0.25) is 0 Å². The summed E-state index contributed by atoms with van der Waals surface area (Å²) in [5.74, 6) is 1.71. The Labute approximate surface area is 111 Å². The van der Waals surface area contributed by atoms with E-state index in [-0.39, 0.29) is 23.4 Å². The van der Waals surface area contributed by atoms with Crippen LogP contribution in [0.4, 0.5) is 0 Å². The zero-order valence-corrected chi connectivity index (χ0v) is 12.2. The lowest BCUT2D eigenvalue weighted by atomic mass is 10.3. The van der Waals surface area contributed by atoms with E-state index in [1.807, 2.05) is 0 Å². The predicted molar refractivity (Wildman–Crippen MR) is 74.3 cm³/mol. The van der Waals surface area contributed by atoms with Crippen LogP contribution in [0.3, 0.4) is 0 Å². The van der Waals surface area contributed by atoms with E-state index in [2.05, 4.69) is 0 Å². The molecule has 17 heavy (non-hydrogen) atoms. The highest BCUT2D eigenvalue weighted by atomic mass is 32.2. The van der Waals surface area contributed by atoms with Crippen molar-refractivity contribution in [2.24, 2.45) is 0 Å². The van der Waals surface area contributed by atoms with Crippen molar-refractivity contribution in [3.8, 4) is 0 Å². The number of hydrogen-bond donors (Lipinski definition) is 2. The van der Waals surface area contributed by atoms with Gasteiger partial charge in [-0.1, -0.05) is 0 Å². The lowest BCUT2D eigenvalue weighted by Gasteiger charge is -2.21. The third kappa shape index (κ3) is 6.91. The molecule has 4 nitrogen and oxygen atoms in total. The molecule has 2 atom stereocenters. The second kappa shape index (κ2) is 7.89. The van der Waals surface area contributed by atoms with Gasteiger partial charge >= 0.3 is 0 Å². The second-order valence-corrected chi connectivity index (χ2v) is 9.02. The number of sulfone groups is 1. The molecule has 1 aliphatic heterocycles. The van der Waals surface area contributed by atoms with E-state index in [1.165, 1.54) is 23.5 Å². The van der Waals surface area contributed by atoms with Gasteiger partial charge in [-0.05, 0) is 25.0 Å². The molecule has 7 heteroatoms. The standard InChI is InChI=1S/C10H20O4S3/c11-3-5-15-9-7-10(12)16-4-1-2-6-17(13,14)8-9/h9-12H,1-8H2. The van der Waals surface area contributed by atoms with Crippen molar-refractivity contribution in [3.05, 3.63) is 0 Å². The fraction of sp³-hybridized carbons (Fsp3) is 1.00. The first-order valence-corrected chi connectivity index (χ1v) is 9.68. The minimum Gasteiger partial charge on any atom is -0.396 e. The topological polar surface area (TPSA) is 74.6 Å². The maximum atomic E-state index is 11.8. The van der Waals surface area contributed by atoms with Gasteiger partial charge in [0.1, 0.15) is 5.44 Å².